The lowest BCUT2D eigenvalue weighted by atomic mass is 10.2. The van der Waals surface area contributed by atoms with Gasteiger partial charge >= 0.3 is 0 Å². The Kier molecular flexibility index (Phi) is 3.02. The van der Waals surface area contributed by atoms with Crippen LogP contribution >= 0.6 is 0 Å². The molecule has 16 heavy (non-hydrogen) atoms. The minimum Gasteiger partial charge on any atom is -0.331 e. The van der Waals surface area contributed by atoms with Gasteiger partial charge in [0.2, 0.25) is 5.78 Å². The predicted octanol–water partition coefficient (Wildman–Crippen LogP) is 0.190. The zero-order valence-electron chi connectivity index (χ0n) is 9.80. The maximum absolute atomic E-state index is 11.1. The summed E-state index contributed by atoms with van der Waals surface area (Å²) < 4.78 is 4.91. The van der Waals surface area contributed by atoms with Crippen molar-refractivity contribution in [2.45, 2.75) is 13.0 Å². The van der Waals surface area contributed by atoms with Crippen molar-refractivity contribution in [1.29, 1.82) is 0 Å². The Bertz CT molecular complexity index is 390. The summed E-state index contributed by atoms with van der Waals surface area (Å²) in [5.41, 5.74) is 0. The molecule has 2 rings (SSSR count). The van der Waals surface area contributed by atoms with E-state index in [1.165, 1.54) is 6.92 Å². The molecule has 6 heteroatoms. The minimum atomic E-state index is -0.189. The molecule has 88 valence electrons. The Morgan fingerprint density at radius 3 is 2.81 bits per heavy atom. The Hall–Kier alpha value is -1.27. The second-order valence-corrected chi connectivity index (χ2v) is 4.27. The number of likely N-dealkylation sites (N-methyl/N-ethyl adjacent to an activating group) is 2. The molecule has 1 aliphatic heterocycles. The van der Waals surface area contributed by atoms with Crippen LogP contribution in [-0.2, 0) is 0 Å². The molecule has 0 N–H and O–H groups in total. The first-order valence-electron chi connectivity index (χ1n) is 5.31. The molecule has 1 aromatic rings. The van der Waals surface area contributed by atoms with E-state index in [-0.39, 0.29) is 17.7 Å². The van der Waals surface area contributed by atoms with Crippen LogP contribution in [0.2, 0.25) is 0 Å². The van der Waals surface area contributed by atoms with E-state index >= 15 is 0 Å². The highest BCUT2D eigenvalue weighted by molar-refractivity contribution is 5.89. The number of Topliss-reactive ketones (excluding diaryl/α,β-unsaturated/α-hetero) is 1. The van der Waals surface area contributed by atoms with E-state index in [1.807, 2.05) is 7.05 Å². The van der Waals surface area contributed by atoms with E-state index in [0.29, 0.717) is 5.82 Å². The van der Waals surface area contributed by atoms with Gasteiger partial charge in [-0.2, -0.15) is 4.98 Å². The van der Waals surface area contributed by atoms with E-state index < -0.39 is 0 Å². The first-order chi connectivity index (χ1) is 7.58. The molecule has 6 nitrogen and oxygen atoms in total. The lowest BCUT2D eigenvalue weighted by Crippen LogP contribution is -2.45. The number of ketones is 1. The normalized spacial score (nSPS) is 23.6. The van der Waals surface area contributed by atoms with Crippen LogP contribution in [0.25, 0.3) is 0 Å². The van der Waals surface area contributed by atoms with Crippen LogP contribution in [0, 0.1) is 0 Å². The Morgan fingerprint density at radius 2 is 2.19 bits per heavy atom. The number of aromatic nitrogens is 2. The zero-order chi connectivity index (χ0) is 11.7. The van der Waals surface area contributed by atoms with Crippen LogP contribution in [0.5, 0.6) is 0 Å². The summed E-state index contributed by atoms with van der Waals surface area (Å²) in [6, 6.07) is 0.107. The summed E-state index contributed by atoms with van der Waals surface area (Å²) in [4.78, 5) is 19.6. The quantitative estimate of drug-likeness (QED) is 0.668. The average Bonchev–Trinajstić information content (AvgIpc) is 2.70. The Labute approximate surface area is 94.2 Å². The van der Waals surface area contributed by atoms with Gasteiger partial charge < -0.3 is 9.42 Å². The van der Waals surface area contributed by atoms with Crippen molar-refractivity contribution in [2.75, 3.05) is 33.7 Å². The van der Waals surface area contributed by atoms with Crippen molar-refractivity contribution in [3.63, 3.8) is 0 Å². The van der Waals surface area contributed by atoms with Gasteiger partial charge in [0.1, 0.15) is 0 Å². The van der Waals surface area contributed by atoms with Gasteiger partial charge in [-0.25, -0.2) is 0 Å². The number of carbonyl (C=O) groups excluding carboxylic acids is 1. The summed E-state index contributed by atoms with van der Waals surface area (Å²) in [5, 5.41) is 3.87. The molecule has 1 aliphatic rings. The SMILES string of the molecule is CC(=O)c1nc(C2CN(C)CCN2C)no1. The highest BCUT2D eigenvalue weighted by Crippen LogP contribution is 2.20. The van der Waals surface area contributed by atoms with Crippen molar-refractivity contribution in [3.8, 4) is 0 Å². The van der Waals surface area contributed by atoms with Crippen molar-refractivity contribution in [3.05, 3.63) is 11.7 Å². The zero-order valence-corrected chi connectivity index (χ0v) is 9.80. The smallest absolute Gasteiger partial charge is 0.293 e. The van der Waals surface area contributed by atoms with Gasteiger partial charge in [-0.05, 0) is 14.1 Å². The number of hydrogen-bond donors (Lipinski definition) is 0. The molecular formula is C10H16N4O2. The number of nitrogens with zero attached hydrogens (tertiary/aromatic N) is 4. The van der Waals surface area contributed by atoms with Gasteiger partial charge in [-0.1, -0.05) is 5.16 Å². The summed E-state index contributed by atoms with van der Waals surface area (Å²) in [6.45, 7) is 4.27. The molecule has 0 bridgehead atoms. The van der Waals surface area contributed by atoms with E-state index in [1.54, 1.807) is 0 Å². The Balaban J connectivity index is 2.18. The molecule has 0 amide bonds. The predicted molar refractivity (Wildman–Crippen MR) is 57.2 cm³/mol. The summed E-state index contributed by atoms with van der Waals surface area (Å²) in [5.74, 6) is 0.501. The topological polar surface area (TPSA) is 62.5 Å². The van der Waals surface area contributed by atoms with Gasteiger partial charge in [0.25, 0.3) is 5.89 Å². The average molecular weight is 224 g/mol. The molecule has 0 radical (unpaired) electrons. The maximum atomic E-state index is 11.1. The van der Waals surface area contributed by atoms with Gasteiger partial charge in [-0.3, -0.25) is 9.69 Å². The van der Waals surface area contributed by atoms with E-state index in [4.69, 9.17) is 4.52 Å². The van der Waals surface area contributed by atoms with Crippen LogP contribution in [-0.4, -0.2) is 59.5 Å². The molecule has 1 unspecified atom stereocenters. The van der Waals surface area contributed by atoms with Crippen LogP contribution < -0.4 is 0 Å². The number of hydrogen-bond acceptors (Lipinski definition) is 6. The van der Waals surface area contributed by atoms with Crippen LogP contribution in [0.4, 0.5) is 0 Å². The molecular weight excluding hydrogens is 208 g/mol. The molecule has 1 aromatic heterocycles. The fourth-order valence-corrected chi connectivity index (χ4v) is 1.80. The molecule has 1 atom stereocenters. The molecule has 0 spiro atoms. The van der Waals surface area contributed by atoms with E-state index in [2.05, 4.69) is 27.0 Å². The lowest BCUT2D eigenvalue weighted by Gasteiger charge is -2.35. The first-order valence-corrected chi connectivity index (χ1v) is 5.31. The second kappa shape index (κ2) is 4.31. The summed E-state index contributed by atoms with van der Waals surface area (Å²) in [7, 11) is 4.09. The molecule has 2 heterocycles. The number of piperazine rings is 1. The number of rotatable bonds is 2. The molecule has 0 aliphatic carbocycles. The highest BCUT2D eigenvalue weighted by Gasteiger charge is 2.28. The van der Waals surface area contributed by atoms with Gasteiger partial charge in [0.05, 0.1) is 6.04 Å². The lowest BCUT2D eigenvalue weighted by molar-refractivity contribution is 0.0971. The van der Waals surface area contributed by atoms with Gasteiger partial charge in [-0.15, -0.1) is 0 Å². The third-order valence-electron chi connectivity index (χ3n) is 2.89. The second-order valence-electron chi connectivity index (χ2n) is 4.27. The third-order valence-corrected chi connectivity index (χ3v) is 2.89. The van der Waals surface area contributed by atoms with Gasteiger partial charge in [0.15, 0.2) is 5.82 Å². The largest absolute Gasteiger partial charge is 0.331 e. The molecule has 0 aromatic carbocycles. The summed E-state index contributed by atoms with van der Waals surface area (Å²) >= 11 is 0. The van der Waals surface area contributed by atoms with Crippen LogP contribution in [0.1, 0.15) is 29.5 Å². The van der Waals surface area contributed by atoms with Gasteiger partial charge in [0, 0.05) is 26.6 Å². The minimum absolute atomic E-state index is 0.0941. The standard InChI is InChI=1S/C10H16N4O2/c1-7(15)10-11-9(12-16-10)8-6-13(2)4-5-14(8)3/h8H,4-6H2,1-3H3. The Morgan fingerprint density at radius 1 is 1.44 bits per heavy atom. The molecule has 0 saturated carbocycles. The van der Waals surface area contributed by atoms with Crippen molar-refractivity contribution >= 4 is 5.78 Å². The van der Waals surface area contributed by atoms with Crippen molar-refractivity contribution in [1.82, 2.24) is 19.9 Å². The van der Waals surface area contributed by atoms with E-state index in [9.17, 15) is 4.79 Å². The molecule has 1 saturated heterocycles. The monoisotopic (exact) mass is 224 g/mol. The molecule has 1 fully saturated rings. The first kappa shape index (κ1) is 11.2. The van der Waals surface area contributed by atoms with Crippen molar-refractivity contribution in [2.24, 2.45) is 0 Å². The van der Waals surface area contributed by atoms with Crippen LogP contribution in [0.3, 0.4) is 0 Å². The van der Waals surface area contributed by atoms with E-state index in [0.717, 1.165) is 19.6 Å². The maximum Gasteiger partial charge on any atom is 0.293 e. The fourth-order valence-electron chi connectivity index (χ4n) is 1.80. The fraction of sp³-hybridized carbons (Fsp3) is 0.700. The van der Waals surface area contributed by atoms with Crippen LogP contribution in [0.15, 0.2) is 4.52 Å². The number of carbonyl (C=O) groups is 1. The highest BCUT2D eigenvalue weighted by atomic mass is 16.5. The van der Waals surface area contributed by atoms with Crippen molar-refractivity contribution < 1.29 is 9.32 Å². The third kappa shape index (κ3) is 2.12. The summed E-state index contributed by atoms with van der Waals surface area (Å²) in [6.07, 6.45) is 0.